The number of fused-ring (bicyclic) bond motifs is 1. The second kappa shape index (κ2) is 3.75. The SMILES string of the molecule is O=C1N=CC=C2N=NC(C3CCOCC3)=C12. The van der Waals surface area contributed by atoms with Crippen LogP contribution in [0.25, 0.3) is 0 Å². The first-order valence-corrected chi connectivity index (χ1v) is 5.39. The van der Waals surface area contributed by atoms with E-state index in [-0.39, 0.29) is 11.8 Å². The van der Waals surface area contributed by atoms with Gasteiger partial charge in [-0.2, -0.15) is 5.11 Å². The summed E-state index contributed by atoms with van der Waals surface area (Å²) >= 11 is 0. The summed E-state index contributed by atoms with van der Waals surface area (Å²) in [6.07, 6.45) is 5.02. The van der Waals surface area contributed by atoms with Gasteiger partial charge in [0.25, 0.3) is 5.91 Å². The maximum atomic E-state index is 11.7. The molecule has 0 aliphatic carbocycles. The normalized spacial score (nSPS) is 25.0. The van der Waals surface area contributed by atoms with Gasteiger partial charge in [0.15, 0.2) is 0 Å². The molecule has 0 aromatic rings. The summed E-state index contributed by atoms with van der Waals surface area (Å²) in [6, 6.07) is 0. The van der Waals surface area contributed by atoms with Crippen molar-refractivity contribution in [3.05, 3.63) is 23.0 Å². The minimum atomic E-state index is -0.219. The summed E-state index contributed by atoms with van der Waals surface area (Å²) in [7, 11) is 0. The van der Waals surface area contributed by atoms with E-state index < -0.39 is 0 Å². The third-order valence-corrected chi connectivity index (χ3v) is 3.02. The van der Waals surface area contributed by atoms with Crippen LogP contribution >= 0.6 is 0 Å². The van der Waals surface area contributed by atoms with E-state index in [0.717, 1.165) is 31.8 Å². The molecule has 82 valence electrons. The number of aliphatic imine (C=N–C) groups is 1. The van der Waals surface area contributed by atoms with Crippen LogP contribution in [0.15, 0.2) is 38.3 Å². The number of hydrogen-bond acceptors (Lipinski definition) is 4. The smallest absolute Gasteiger partial charge is 0.281 e. The molecular formula is C11H11N3O2. The standard InChI is InChI=1S/C11H11N3O2/c15-11-9-8(1-4-12-11)13-14-10(9)7-2-5-16-6-3-7/h1,4,7H,2-3,5-6H2. The average molecular weight is 217 g/mol. The highest BCUT2D eigenvalue weighted by atomic mass is 16.5. The van der Waals surface area contributed by atoms with Crippen LogP contribution in [0.2, 0.25) is 0 Å². The number of ether oxygens (including phenoxy) is 1. The van der Waals surface area contributed by atoms with Gasteiger partial charge in [0.2, 0.25) is 0 Å². The zero-order valence-electron chi connectivity index (χ0n) is 8.72. The zero-order chi connectivity index (χ0) is 11.0. The molecule has 0 radical (unpaired) electrons. The molecule has 1 fully saturated rings. The highest BCUT2D eigenvalue weighted by Crippen LogP contribution is 2.36. The van der Waals surface area contributed by atoms with Crippen molar-refractivity contribution in [3.63, 3.8) is 0 Å². The number of carbonyl (C=O) groups is 1. The lowest BCUT2D eigenvalue weighted by atomic mass is 9.92. The molecule has 0 atom stereocenters. The Morgan fingerprint density at radius 2 is 2.06 bits per heavy atom. The van der Waals surface area contributed by atoms with Crippen molar-refractivity contribution >= 4 is 12.1 Å². The molecule has 5 heteroatoms. The lowest BCUT2D eigenvalue weighted by Crippen LogP contribution is -2.19. The summed E-state index contributed by atoms with van der Waals surface area (Å²) in [6.45, 7) is 1.46. The highest BCUT2D eigenvalue weighted by molar-refractivity contribution is 6.07. The van der Waals surface area contributed by atoms with Crippen molar-refractivity contribution in [1.82, 2.24) is 0 Å². The Labute approximate surface area is 92.6 Å². The summed E-state index contributed by atoms with van der Waals surface area (Å²) in [5.41, 5.74) is 2.05. The van der Waals surface area contributed by atoms with Gasteiger partial charge in [-0.15, -0.1) is 5.11 Å². The minimum Gasteiger partial charge on any atom is -0.381 e. The van der Waals surface area contributed by atoms with E-state index in [4.69, 9.17) is 4.74 Å². The van der Waals surface area contributed by atoms with Crippen LogP contribution < -0.4 is 0 Å². The van der Waals surface area contributed by atoms with Crippen LogP contribution in [0.5, 0.6) is 0 Å². The van der Waals surface area contributed by atoms with Gasteiger partial charge in [0.1, 0.15) is 5.70 Å². The van der Waals surface area contributed by atoms with Gasteiger partial charge in [0, 0.05) is 25.3 Å². The monoisotopic (exact) mass is 217 g/mol. The van der Waals surface area contributed by atoms with Crippen molar-refractivity contribution in [3.8, 4) is 0 Å². The summed E-state index contributed by atoms with van der Waals surface area (Å²) in [4.78, 5) is 15.4. The van der Waals surface area contributed by atoms with Gasteiger partial charge < -0.3 is 4.74 Å². The molecule has 1 saturated heterocycles. The van der Waals surface area contributed by atoms with Crippen LogP contribution in [0.4, 0.5) is 0 Å². The number of carbonyl (C=O) groups excluding carboxylic acids is 1. The van der Waals surface area contributed by atoms with E-state index in [0.29, 0.717) is 11.3 Å². The van der Waals surface area contributed by atoms with E-state index in [1.807, 2.05) is 0 Å². The van der Waals surface area contributed by atoms with Crippen LogP contribution in [0.1, 0.15) is 12.8 Å². The lowest BCUT2D eigenvalue weighted by molar-refractivity contribution is -0.114. The van der Waals surface area contributed by atoms with Crippen molar-refractivity contribution in [2.45, 2.75) is 12.8 Å². The molecule has 3 aliphatic heterocycles. The molecule has 3 heterocycles. The van der Waals surface area contributed by atoms with Gasteiger partial charge in [0.05, 0.1) is 11.3 Å². The fourth-order valence-electron chi connectivity index (χ4n) is 2.17. The topological polar surface area (TPSA) is 63.4 Å². The maximum Gasteiger partial charge on any atom is 0.281 e. The molecule has 0 saturated carbocycles. The van der Waals surface area contributed by atoms with Gasteiger partial charge >= 0.3 is 0 Å². The van der Waals surface area contributed by atoms with E-state index in [2.05, 4.69) is 15.2 Å². The number of allylic oxidation sites excluding steroid dienone is 2. The molecule has 0 aromatic heterocycles. The molecular weight excluding hydrogens is 206 g/mol. The number of nitrogens with zero attached hydrogens (tertiary/aromatic N) is 3. The fourth-order valence-corrected chi connectivity index (χ4v) is 2.17. The van der Waals surface area contributed by atoms with E-state index in [9.17, 15) is 4.79 Å². The van der Waals surface area contributed by atoms with Crippen LogP contribution in [0.3, 0.4) is 0 Å². The second-order valence-corrected chi connectivity index (χ2v) is 3.98. The van der Waals surface area contributed by atoms with Crippen LogP contribution in [-0.2, 0) is 9.53 Å². The van der Waals surface area contributed by atoms with Gasteiger partial charge in [-0.05, 0) is 18.9 Å². The zero-order valence-corrected chi connectivity index (χ0v) is 8.72. The predicted molar refractivity (Wildman–Crippen MR) is 57.0 cm³/mol. The Balaban J connectivity index is 1.97. The molecule has 0 aromatic carbocycles. The van der Waals surface area contributed by atoms with Gasteiger partial charge in [-0.1, -0.05) is 0 Å². The maximum absolute atomic E-state index is 11.7. The predicted octanol–water partition coefficient (Wildman–Crippen LogP) is 1.63. The van der Waals surface area contributed by atoms with Crippen molar-refractivity contribution in [1.29, 1.82) is 0 Å². The van der Waals surface area contributed by atoms with Gasteiger partial charge in [-0.3, -0.25) is 4.79 Å². The Bertz CT molecular complexity index is 454. The van der Waals surface area contributed by atoms with E-state index in [1.165, 1.54) is 6.21 Å². The average Bonchev–Trinajstić information content (AvgIpc) is 2.75. The second-order valence-electron chi connectivity index (χ2n) is 3.98. The summed E-state index contributed by atoms with van der Waals surface area (Å²) in [5, 5.41) is 8.16. The minimum absolute atomic E-state index is 0.219. The number of dihydropyridines is 1. The van der Waals surface area contributed by atoms with Crippen molar-refractivity contribution in [2.75, 3.05) is 13.2 Å². The molecule has 0 N–H and O–H groups in total. The van der Waals surface area contributed by atoms with Crippen LogP contribution in [0, 0.1) is 5.92 Å². The number of amides is 1. The van der Waals surface area contributed by atoms with E-state index in [1.54, 1.807) is 6.08 Å². The first-order valence-electron chi connectivity index (χ1n) is 5.39. The molecule has 3 rings (SSSR count). The molecule has 5 nitrogen and oxygen atoms in total. The first-order chi connectivity index (χ1) is 7.86. The molecule has 0 unspecified atom stereocenters. The van der Waals surface area contributed by atoms with Gasteiger partial charge in [-0.25, -0.2) is 4.99 Å². The fraction of sp³-hybridized carbons (Fsp3) is 0.455. The quantitative estimate of drug-likeness (QED) is 0.670. The number of hydrogen-bond donors (Lipinski definition) is 0. The largest absolute Gasteiger partial charge is 0.381 e. The number of rotatable bonds is 1. The molecule has 16 heavy (non-hydrogen) atoms. The number of azo groups is 1. The Morgan fingerprint density at radius 1 is 1.25 bits per heavy atom. The molecule has 3 aliphatic rings. The van der Waals surface area contributed by atoms with Crippen molar-refractivity contribution in [2.24, 2.45) is 21.1 Å². The highest BCUT2D eigenvalue weighted by Gasteiger charge is 2.31. The third-order valence-electron chi connectivity index (χ3n) is 3.02. The Morgan fingerprint density at radius 3 is 2.88 bits per heavy atom. The van der Waals surface area contributed by atoms with Crippen LogP contribution in [-0.4, -0.2) is 25.3 Å². The van der Waals surface area contributed by atoms with E-state index >= 15 is 0 Å². The molecule has 1 amide bonds. The Hall–Kier alpha value is -1.62. The van der Waals surface area contributed by atoms with Crippen molar-refractivity contribution < 1.29 is 9.53 Å². The molecule has 0 bridgehead atoms. The third kappa shape index (κ3) is 1.44. The summed E-state index contributed by atoms with van der Waals surface area (Å²) < 4.78 is 5.30. The first kappa shape index (κ1) is 9.59. The Kier molecular flexibility index (Phi) is 2.25. The summed E-state index contributed by atoms with van der Waals surface area (Å²) in [5.74, 6) is 0.0691. The molecule has 0 spiro atoms. The lowest BCUT2D eigenvalue weighted by Gasteiger charge is -2.21.